The highest BCUT2D eigenvalue weighted by Crippen LogP contribution is 1.95. The molecule has 16 N–H and O–H groups in total. The molecule has 0 aromatic heterocycles. The number of nitriles is 1. The van der Waals surface area contributed by atoms with E-state index in [0.717, 1.165) is 51.6 Å². The first-order chi connectivity index (χ1) is 15.4. The van der Waals surface area contributed by atoms with Gasteiger partial charge >= 0.3 is 11.9 Å². The Balaban J connectivity index is -0.00000480. The fraction of sp³-hybridized carbons (Fsp3) is 0.667. The monoisotopic (exact) mass is 522 g/mol. The molecule has 0 heterocycles. The van der Waals surface area contributed by atoms with Crippen LogP contribution in [0.25, 0.3) is 0 Å². The van der Waals surface area contributed by atoms with E-state index in [1.807, 2.05) is 0 Å². The predicted molar refractivity (Wildman–Crippen MR) is 128 cm³/mol. The molecule has 16 heteroatoms. The average Bonchev–Trinajstić information content (AvgIpc) is 2.76. The van der Waals surface area contributed by atoms with Gasteiger partial charge in [0.25, 0.3) is 11.9 Å². The van der Waals surface area contributed by atoms with Crippen molar-refractivity contribution in [3.05, 3.63) is 0 Å². The topological polar surface area (TPSA) is 269 Å². The summed E-state index contributed by atoms with van der Waals surface area (Å²) in [4.78, 5) is 18.2. The molecular formula is C18H40Cl2N14. The van der Waals surface area contributed by atoms with Crippen molar-refractivity contribution in [2.75, 3.05) is 39.3 Å². The van der Waals surface area contributed by atoms with E-state index >= 15 is 0 Å². The van der Waals surface area contributed by atoms with Crippen LogP contribution in [0.15, 0.2) is 15.0 Å². The third kappa shape index (κ3) is 23.6. The largest absolute Gasteiger partial charge is 1.00 e. The summed E-state index contributed by atoms with van der Waals surface area (Å²) in [6.45, 7) is 3.37. The quantitative estimate of drug-likeness (QED) is 0.0587. The maximum atomic E-state index is 8.49. The highest BCUT2D eigenvalue weighted by Gasteiger charge is 2.03. The summed E-state index contributed by atoms with van der Waals surface area (Å²) in [5, 5.41) is 14.1. The standard InChI is InChI=1S/C18H38N14.2ClH/c19-7-12-30-18(25)32-16(23)28-10-4-2-1-3-9-27-15(22)31-17(24)29-11-6-5-8-26-14(21)13-20;;/h1-12,19H2,(H2,21,26)(H5,22,24,27,29,31)(H5,23,25,28,30,32);2*1H. The smallest absolute Gasteiger partial charge is 0.348 e. The molecule has 0 aromatic rings. The summed E-state index contributed by atoms with van der Waals surface area (Å²) >= 11 is 0. The van der Waals surface area contributed by atoms with Gasteiger partial charge in [-0.2, -0.15) is 5.26 Å². The number of amidine groups is 1. The van der Waals surface area contributed by atoms with Crippen molar-refractivity contribution in [1.29, 1.82) is 5.26 Å². The molecule has 0 unspecified atom stereocenters. The number of unbranched alkanes of at least 4 members (excludes halogenated alkanes) is 4. The molecule has 0 aliphatic rings. The fourth-order valence-electron chi connectivity index (χ4n) is 2.34. The zero-order valence-electron chi connectivity index (χ0n) is 19.5. The third-order valence-electron chi connectivity index (χ3n) is 3.92. The van der Waals surface area contributed by atoms with Crippen molar-refractivity contribution in [1.82, 2.24) is 10.6 Å². The van der Waals surface area contributed by atoms with Gasteiger partial charge in [-0.05, 0) is 25.7 Å². The van der Waals surface area contributed by atoms with Crippen molar-refractivity contribution >= 4 is 29.7 Å². The molecule has 0 aliphatic heterocycles. The molecule has 0 fully saturated rings. The van der Waals surface area contributed by atoms with Crippen LogP contribution in [0.2, 0.25) is 0 Å². The molecule has 0 atom stereocenters. The summed E-state index contributed by atoms with van der Waals surface area (Å²) in [5.41, 5.74) is 33.7. The van der Waals surface area contributed by atoms with Crippen LogP contribution in [-0.4, -0.2) is 68.9 Å². The predicted octanol–water partition coefficient (Wildman–Crippen LogP) is -12.2. The van der Waals surface area contributed by atoms with Crippen LogP contribution in [0.3, 0.4) is 0 Å². The first-order valence-electron chi connectivity index (χ1n) is 10.7. The molecule has 34 heavy (non-hydrogen) atoms. The van der Waals surface area contributed by atoms with Crippen LogP contribution < -0.4 is 79.8 Å². The van der Waals surface area contributed by atoms with E-state index in [1.165, 1.54) is 0 Å². The molecule has 0 bridgehead atoms. The number of halogens is 2. The summed E-state index contributed by atoms with van der Waals surface area (Å²) in [7, 11) is 0. The Morgan fingerprint density at radius 1 is 0.676 bits per heavy atom. The summed E-state index contributed by atoms with van der Waals surface area (Å²) < 4.78 is 0. The van der Waals surface area contributed by atoms with Crippen molar-refractivity contribution in [2.45, 2.75) is 38.5 Å². The molecule has 0 rings (SSSR count). The van der Waals surface area contributed by atoms with Crippen LogP contribution in [-0.2, 0) is 0 Å². The lowest BCUT2D eigenvalue weighted by atomic mass is 10.2. The van der Waals surface area contributed by atoms with Crippen molar-refractivity contribution < 1.29 is 34.8 Å². The Bertz CT molecular complexity index is 712. The summed E-state index contributed by atoms with van der Waals surface area (Å²) in [6.07, 6.45) is 5.55. The first-order valence-corrected chi connectivity index (χ1v) is 10.7. The summed E-state index contributed by atoms with van der Waals surface area (Å²) in [5.74, 6) is 1.21. The average molecular weight is 524 g/mol. The maximum Gasteiger partial charge on any atom is 0.348 e. The third-order valence-corrected chi connectivity index (χ3v) is 3.92. The zero-order valence-corrected chi connectivity index (χ0v) is 21.0. The molecule has 14 nitrogen and oxygen atoms in total. The van der Waals surface area contributed by atoms with Gasteiger partial charge in [0.2, 0.25) is 0 Å². The van der Waals surface area contributed by atoms with Gasteiger partial charge in [0.1, 0.15) is 6.07 Å². The van der Waals surface area contributed by atoms with E-state index in [9.17, 15) is 0 Å². The number of nitrogens with two attached hydrogens (primary N) is 6. The Hall–Kier alpha value is -3.02. The molecule has 196 valence electrons. The van der Waals surface area contributed by atoms with E-state index in [4.69, 9.17) is 39.7 Å². The molecule has 0 amide bonds. The highest BCUT2D eigenvalue weighted by atomic mass is 35.5. The van der Waals surface area contributed by atoms with Gasteiger partial charge in [-0.3, -0.25) is 26.4 Å². The molecule has 0 spiro atoms. The minimum atomic E-state index is -0.00829. The van der Waals surface area contributed by atoms with Crippen LogP contribution >= 0.6 is 0 Å². The Kier molecular flexibility index (Phi) is 25.8. The minimum absolute atomic E-state index is 0. The van der Waals surface area contributed by atoms with E-state index in [2.05, 4.69) is 35.6 Å². The van der Waals surface area contributed by atoms with E-state index in [-0.39, 0.29) is 42.6 Å². The van der Waals surface area contributed by atoms with Crippen LogP contribution in [0.4, 0.5) is 0 Å². The Morgan fingerprint density at radius 2 is 1.12 bits per heavy atom. The fourth-order valence-corrected chi connectivity index (χ4v) is 2.34. The Labute approximate surface area is 213 Å². The molecule has 0 aromatic carbocycles. The number of hydrogen-bond donors (Lipinski definition) is 10. The van der Waals surface area contributed by atoms with E-state index in [0.29, 0.717) is 38.1 Å². The van der Waals surface area contributed by atoms with Gasteiger partial charge in [-0.1, -0.05) is 12.8 Å². The number of nitrogens with one attached hydrogen (secondary N) is 4. The second kappa shape index (κ2) is 24.6. The van der Waals surface area contributed by atoms with Gasteiger partial charge in [0, 0.05) is 19.6 Å². The van der Waals surface area contributed by atoms with Gasteiger partial charge in [0.15, 0.2) is 5.84 Å². The lowest BCUT2D eigenvalue weighted by Gasteiger charge is -2.01. The van der Waals surface area contributed by atoms with Gasteiger partial charge in [-0.25, -0.2) is 20.6 Å². The normalized spacial score (nSPS) is 12.9. The second-order valence-electron chi connectivity index (χ2n) is 6.75. The number of rotatable bonds is 14. The van der Waals surface area contributed by atoms with Crippen molar-refractivity contribution in [3.63, 3.8) is 0 Å². The first kappa shape index (κ1) is 35.6. The molecule has 0 saturated heterocycles. The highest BCUT2D eigenvalue weighted by molar-refractivity contribution is 5.95. The summed E-state index contributed by atoms with van der Waals surface area (Å²) in [6, 6.07) is 1.77. The Morgan fingerprint density at radius 3 is 1.56 bits per heavy atom. The van der Waals surface area contributed by atoms with Crippen LogP contribution in [0.1, 0.15) is 38.5 Å². The van der Waals surface area contributed by atoms with Crippen molar-refractivity contribution in [3.8, 4) is 6.07 Å². The number of aliphatic imine (C=N–C) groups is 3. The zero-order chi connectivity index (χ0) is 24.0. The van der Waals surface area contributed by atoms with E-state index in [1.54, 1.807) is 6.07 Å². The number of nitrogens with zero attached hydrogens (tertiary/aromatic N) is 4. The lowest BCUT2D eigenvalue weighted by Crippen LogP contribution is -3.00. The van der Waals surface area contributed by atoms with Gasteiger partial charge in [-0.15, -0.1) is 0 Å². The van der Waals surface area contributed by atoms with Crippen LogP contribution in [0.5, 0.6) is 0 Å². The second-order valence-corrected chi connectivity index (χ2v) is 6.75. The molecule has 0 aliphatic carbocycles. The molecular weight excluding hydrogens is 483 g/mol. The lowest BCUT2D eigenvalue weighted by molar-refractivity contribution is -0.463. The number of guanidine groups is 4. The van der Waals surface area contributed by atoms with E-state index < -0.39 is 0 Å². The van der Waals surface area contributed by atoms with Gasteiger partial charge < -0.3 is 47.7 Å². The SMILES string of the molecule is N#CC(N)=NCCCCN=C(N)NC(N)=[NH+]CCCCCC[NH+]=C(N)NC(N)=NCCN.[Cl-].[Cl-]. The maximum absolute atomic E-state index is 8.49. The van der Waals surface area contributed by atoms with Gasteiger partial charge in [0.05, 0.1) is 19.6 Å². The van der Waals surface area contributed by atoms with Crippen LogP contribution in [0, 0.1) is 11.3 Å². The van der Waals surface area contributed by atoms with Crippen molar-refractivity contribution in [2.24, 2.45) is 49.4 Å². The number of hydrogen-bond acceptors (Lipinski definition) is 5. The molecule has 0 radical (unpaired) electrons. The molecule has 0 saturated carbocycles. The minimum Gasteiger partial charge on any atom is -1.00 e.